The lowest BCUT2D eigenvalue weighted by Gasteiger charge is -2.54. The third-order valence-electron chi connectivity index (χ3n) is 8.86. The van der Waals surface area contributed by atoms with Crippen LogP contribution in [0.1, 0.15) is 55.8 Å². The highest BCUT2D eigenvalue weighted by molar-refractivity contribution is 7.99. The van der Waals surface area contributed by atoms with Crippen molar-refractivity contribution in [2.75, 3.05) is 23.7 Å². The molecule has 1 aliphatic heterocycles. The molecular formula is C25H33N3O3S. The van der Waals surface area contributed by atoms with Crippen LogP contribution in [0.25, 0.3) is 0 Å². The minimum atomic E-state index is -0.663. The highest BCUT2D eigenvalue weighted by atomic mass is 32.2. The van der Waals surface area contributed by atoms with Crippen LogP contribution < -0.4 is 10.2 Å². The molecule has 6 nitrogen and oxygen atoms in total. The molecule has 0 aromatic carbocycles. The largest absolute Gasteiger partial charge is 0.481 e. The van der Waals surface area contributed by atoms with Gasteiger partial charge in [0, 0.05) is 19.1 Å². The molecule has 1 amide bonds. The number of aromatic nitrogens is 1. The number of fused-ring (bicyclic) bond motifs is 1. The van der Waals surface area contributed by atoms with Gasteiger partial charge >= 0.3 is 5.97 Å². The number of carbonyl (C=O) groups is 2. The standard InChI is InChI=1S/C25H33N3O3S/c1-2-5-32-24-17(3-4-20(26-24)28-11-18-19(12-28)21(18)25(30)31)23(29)27-22-15-7-13-6-14(9-15)10-16(22)8-13/h3-4,13-16,18-19,21-22H,2,5-12H2,1H3,(H,27,29)(H,30,31). The van der Waals surface area contributed by atoms with Crippen molar-refractivity contribution in [2.45, 2.75) is 56.5 Å². The Morgan fingerprint density at radius 1 is 1.09 bits per heavy atom. The number of anilines is 1. The molecule has 2 atom stereocenters. The SMILES string of the molecule is CCCSc1nc(N2CC3C(C2)C3C(=O)O)ccc1C(=O)NC1C2CC3CC(C2)CC1C3. The lowest BCUT2D eigenvalue weighted by Crippen LogP contribution is -2.55. The fourth-order valence-electron chi connectivity index (χ4n) is 7.56. The molecule has 7 heteroatoms. The second-order valence-corrected chi connectivity index (χ2v) is 12.0. The van der Waals surface area contributed by atoms with E-state index in [1.165, 1.54) is 32.1 Å². The van der Waals surface area contributed by atoms with Crippen molar-refractivity contribution in [1.29, 1.82) is 0 Å². The first-order valence-corrected chi connectivity index (χ1v) is 13.4. The lowest BCUT2D eigenvalue weighted by molar-refractivity contribution is -0.139. The van der Waals surface area contributed by atoms with Crippen molar-refractivity contribution in [2.24, 2.45) is 41.4 Å². The minimum absolute atomic E-state index is 0.0373. The van der Waals surface area contributed by atoms with E-state index in [0.717, 1.165) is 47.9 Å². The molecule has 6 fully saturated rings. The molecule has 1 aromatic rings. The average molecular weight is 456 g/mol. The van der Waals surface area contributed by atoms with Crippen LogP contribution >= 0.6 is 11.8 Å². The van der Waals surface area contributed by atoms with E-state index < -0.39 is 5.97 Å². The summed E-state index contributed by atoms with van der Waals surface area (Å²) in [5.74, 6) is 4.63. The normalized spacial score (nSPS) is 38.6. The Morgan fingerprint density at radius 3 is 2.34 bits per heavy atom. The third kappa shape index (κ3) is 3.51. The van der Waals surface area contributed by atoms with Crippen LogP contribution in [0.5, 0.6) is 0 Å². The number of carboxylic acids is 1. The number of hydrogen-bond acceptors (Lipinski definition) is 5. The molecule has 0 radical (unpaired) electrons. The number of amides is 1. The zero-order valence-corrected chi connectivity index (χ0v) is 19.5. The Hall–Kier alpha value is -1.76. The maximum atomic E-state index is 13.4. The van der Waals surface area contributed by atoms with E-state index in [2.05, 4.69) is 17.1 Å². The van der Waals surface area contributed by atoms with Crippen molar-refractivity contribution in [3.63, 3.8) is 0 Å². The molecule has 2 N–H and O–H groups in total. The molecule has 0 spiro atoms. The Balaban J connectivity index is 1.18. The summed E-state index contributed by atoms with van der Waals surface area (Å²) in [4.78, 5) is 31.8. The van der Waals surface area contributed by atoms with Gasteiger partial charge in [0.05, 0.1) is 11.5 Å². The highest BCUT2D eigenvalue weighted by Crippen LogP contribution is 2.54. The van der Waals surface area contributed by atoms with Gasteiger partial charge in [-0.05, 0) is 91.9 Å². The van der Waals surface area contributed by atoms with Crippen molar-refractivity contribution in [3.05, 3.63) is 17.7 Å². The summed E-state index contributed by atoms with van der Waals surface area (Å²) in [6, 6.07) is 4.24. The summed E-state index contributed by atoms with van der Waals surface area (Å²) in [7, 11) is 0. The number of aliphatic carboxylic acids is 1. The predicted octanol–water partition coefficient (Wildman–Crippen LogP) is 3.91. The molecule has 32 heavy (non-hydrogen) atoms. The van der Waals surface area contributed by atoms with Crippen LogP contribution in [-0.2, 0) is 4.79 Å². The Bertz CT molecular complexity index is 897. The molecule has 172 valence electrons. The number of carboxylic acid groups (broad SMARTS) is 1. The van der Waals surface area contributed by atoms with Gasteiger partial charge in [-0.25, -0.2) is 4.98 Å². The van der Waals surface area contributed by atoms with Gasteiger partial charge in [-0.3, -0.25) is 9.59 Å². The van der Waals surface area contributed by atoms with Gasteiger partial charge in [-0.1, -0.05) is 6.92 Å². The van der Waals surface area contributed by atoms with Gasteiger partial charge in [0.2, 0.25) is 0 Å². The van der Waals surface area contributed by atoms with Gasteiger partial charge in [0.1, 0.15) is 10.8 Å². The van der Waals surface area contributed by atoms with E-state index in [0.29, 0.717) is 23.4 Å². The van der Waals surface area contributed by atoms with Crippen LogP contribution in [0, 0.1) is 41.4 Å². The number of nitrogens with one attached hydrogen (secondary N) is 1. The number of thioether (sulfide) groups is 1. The number of rotatable bonds is 7. The van der Waals surface area contributed by atoms with E-state index in [9.17, 15) is 14.7 Å². The van der Waals surface area contributed by atoms with Gasteiger partial charge in [-0.2, -0.15) is 0 Å². The molecule has 6 aliphatic rings. The summed E-state index contributed by atoms with van der Waals surface area (Å²) in [5, 5.41) is 13.5. The van der Waals surface area contributed by atoms with Gasteiger partial charge in [0.25, 0.3) is 5.91 Å². The van der Waals surface area contributed by atoms with E-state index in [4.69, 9.17) is 4.98 Å². The van der Waals surface area contributed by atoms with Crippen molar-refractivity contribution < 1.29 is 14.7 Å². The minimum Gasteiger partial charge on any atom is -0.481 e. The molecule has 5 aliphatic carbocycles. The summed E-state index contributed by atoms with van der Waals surface area (Å²) < 4.78 is 0. The molecule has 1 saturated heterocycles. The fourth-order valence-corrected chi connectivity index (χ4v) is 8.43. The molecule has 7 rings (SSSR count). The first-order chi connectivity index (χ1) is 15.5. The van der Waals surface area contributed by atoms with Crippen molar-refractivity contribution >= 4 is 29.5 Å². The van der Waals surface area contributed by atoms with Crippen LogP contribution in [0.4, 0.5) is 5.82 Å². The second-order valence-electron chi connectivity index (χ2n) is 10.9. The van der Waals surface area contributed by atoms with Crippen LogP contribution in [0.2, 0.25) is 0 Å². The van der Waals surface area contributed by atoms with Crippen LogP contribution in [0.3, 0.4) is 0 Å². The topological polar surface area (TPSA) is 82.5 Å². The molecule has 4 bridgehead atoms. The number of pyridine rings is 1. The molecular weight excluding hydrogens is 422 g/mol. The smallest absolute Gasteiger partial charge is 0.307 e. The van der Waals surface area contributed by atoms with Gasteiger partial charge in [0.15, 0.2) is 0 Å². The molecule has 1 aromatic heterocycles. The fraction of sp³-hybridized carbons (Fsp3) is 0.720. The number of piperidine rings is 1. The zero-order chi connectivity index (χ0) is 22.0. The van der Waals surface area contributed by atoms with E-state index in [1.807, 2.05) is 12.1 Å². The molecule has 2 heterocycles. The van der Waals surface area contributed by atoms with Crippen LogP contribution in [0.15, 0.2) is 17.2 Å². The summed E-state index contributed by atoms with van der Waals surface area (Å²) in [5.41, 5.74) is 0.703. The molecule has 5 saturated carbocycles. The lowest BCUT2D eigenvalue weighted by atomic mass is 9.54. The monoisotopic (exact) mass is 455 g/mol. The maximum absolute atomic E-state index is 13.4. The predicted molar refractivity (Wildman–Crippen MR) is 124 cm³/mol. The second kappa shape index (κ2) is 7.93. The Morgan fingerprint density at radius 2 is 1.75 bits per heavy atom. The van der Waals surface area contributed by atoms with Crippen molar-refractivity contribution in [3.8, 4) is 0 Å². The first-order valence-electron chi connectivity index (χ1n) is 12.4. The summed E-state index contributed by atoms with van der Waals surface area (Å²) >= 11 is 1.66. The van der Waals surface area contributed by atoms with Crippen molar-refractivity contribution in [1.82, 2.24) is 10.3 Å². The number of nitrogens with zero attached hydrogens (tertiary/aromatic N) is 2. The first kappa shape index (κ1) is 20.8. The van der Waals surface area contributed by atoms with Crippen LogP contribution in [-0.4, -0.2) is 46.9 Å². The van der Waals surface area contributed by atoms with E-state index >= 15 is 0 Å². The Kier molecular flexibility index (Phi) is 5.16. The summed E-state index contributed by atoms with van der Waals surface area (Å²) in [6.45, 7) is 3.66. The average Bonchev–Trinajstić information content (AvgIpc) is 3.28. The van der Waals surface area contributed by atoms with E-state index in [-0.39, 0.29) is 23.7 Å². The highest BCUT2D eigenvalue weighted by Gasteiger charge is 2.60. The molecule has 2 unspecified atom stereocenters. The summed E-state index contributed by atoms with van der Waals surface area (Å²) in [6.07, 6.45) is 7.62. The quantitative estimate of drug-likeness (QED) is 0.607. The number of carbonyl (C=O) groups excluding carboxylic acids is 1. The maximum Gasteiger partial charge on any atom is 0.307 e. The zero-order valence-electron chi connectivity index (χ0n) is 18.7. The van der Waals surface area contributed by atoms with Gasteiger partial charge in [-0.15, -0.1) is 11.8 Å². The number of hydrogen-bond donors (Lipinski definition) is 2. The third-order valence-corrected chi connectivity index (χ3v) is 10.1. The van der Waals surface area contributed by atoms with Gasteiger partial charge < -0.3 is 15.3 Å². The van der Waals surface area contributed by atoms with E-state index in [1.54, 1.807) is 11.8 Å². The Labute approximate surface area is 193 Å².